The van der Waals surface area contributed by atoms with Gasteiger partial charge in [0.15, 0.2) is 0 Å². The van der Waals surface area contributed by atoms with Crippen molar-refractivity contribution < 1.29 is 4.74 Å². The fraction of sp³-hybridized carbons (Fsp3) is 1.00. The Kier molecular flexibility index (Phi) is 3.96. The summed E-state index contributed by atoms with van der Waals surface area (Å²) < 4.78 is 5.67. The largest absolute Gasteiger partial charge is 0.380 e. The van der Waals surface area contributed by atoms with Crippen LogP contribution < -0.4 is 0 Å². The van der Waals surface area contributed by atoms with Crippen LogP contribution >= 0.6 is 0 Å². The van der Waals surface area contributed by atoms with E-state index in [1.807, 2.05) is 0 Å². The molecule has 0 aromatic carbocycles. The number of nitrogens with zero attached hydrogens (tertiary/aromatic N) is 1. The van der Waals surface area contributed by atoms with E-state index in [0.717, 1.165) is 19.8 Å². The van der Waals surface area contributed by atoms with Gasteiger partial charge < -0.3 is 4.74 Å². The molecule has 84 valence electrons. The lowest BCUT2D eigenvalue weighted by atomic mass is 9.81. The molecule has 0 aliphatic carbocycles. The molecule has 0 bridgehead atoms. The van der Waals surface area contributed by atoms with E-state index < -0.39 is 0 Å². The third kappa shape index (κ3) is 3.25. The maximum Gasteiger partial charge on any atom is 0.0593 e. The molecule has 0 saturated carbocycles. The average Bonchev–Trinajstić information content (AvgIpc) is 2.26. The van der Waals surface area contributed by atoms with Crippen molar-refractivity contribution in [3.05, 3.63) is 0 Å². The topological polar surface area (TPSA) is 12.5 Å². The van der Waals surface area contributed by atoms with Crippen molar-refractivity contribution in [3.63, 3.8) is 0 Å². The van der Waals surface area contributed by atoms with Gasteiger partial charge in [0.2, 0.25) is 0 Å². The van der Waals surface area contributed by atoms with Gasteiger partial charge >= 0.3 is 0 Å². The van der Waals surface area contributed by atoms with Gasteiger partial charge in [-0.1, -0.05) is 20.8 Å². The number of hydrogen-bond donors (Lipinski definition) is 0. The monoisotopic (exact) mass is 199 g/mol. The van der Waals surface area contributed by atoms with Crippen LogP contribution in [0.4, 0.5) is 0 Å². The SMILES string of the molecule is CC(C)N1CCOCC(C(C)(C)C)C1. The van der Waals surface area contributed by atoms with Gasteiger partial charge in [-0.05, 0) is 25.2 Å². The third-order valence-corrected chi connectivity index (χ3v) is 3.25. The van der Waals surface area contributed by atoms with E-state index in [1.165, 1.54) is 6.54 Å². The summed E-state index contributed by atoms with van der Waals surface area (Å²) in [5, 5.41) is 0. The van der Waals surface area contributed by atoms with Crippen molar-refractivity contribution in [1.29, 1.82) is 0 Å². The van der Waals surface area contributed by atoms with E-state index >= 15 is 0 Å². The van der Waals surface area contributed by atoms with Crippen LogP contribution in [0, 0.1) is 11.3 Å². The Morgan fingerprint density at radius 3 is 2.43 bits per heavy atom. The minimum absolute atomic E-state index is 0.359. The molecule has 1 saturated heterocycles. The van der Waals surface area contributed by atoms with Crippen molar-refractivity contribution in [2.45, 2.75) is 40.7 Å². The highest BCUT2D eigenvalue weighted by atomic mass is 16.5. The second-order valence-electron chi connectivity index (χ2n) is 5.73. The van der Waals surface area contributed by atoms with Gasteiger partial charge in [-0.3, -0.25) is 4.90 Å². The molecule has 2 nitrogen and oxygen atoms in total. The van der Waals surface area contributed by atoms with Gasteiger partial charge in [0, 0.05) is 19.1 Å². The molecule has 0 amide bonds. The summed E-state index contributed by atoms with van der Waals surface area (Å²) in [6.07, 6.45) is 0. The molecule has 1 atom stereocenters. The average molecular weight is 199 g/mol. The van der Waals surface area contributed by atoms with Crippen LogP contribution in [0.15, 0.2) is 0 Å². The maximum absolute atomic E-state index is 5.67. The Bertz CT molecular complexity index is 172. The predicted octanol–water partition coefficient (Wildman–Crippen LogP) is 2.39. The standard InChI is InChI=1S/C12H25NO/c1-10(2)13-6-7-14-9-11(8-13)12(3,4)5/h10-11H,6-9H2,1-5H3. The lowest BCUT2D eigenvalue weighted by Crippen LogP contribution is -2.39. The Morgan fingerprint density at radius 2 is 1.93 bits per heavy atom. The van der Waals surface area contributed by atoms with Crippen molar-refractivity contribution in [1.82, 2.24) is 4.90 Å². The van der Waals surface area contributed by atoms with E-state index in [-0.39, 0.29) is 0 Å². The lowest BCUT2D eigenvalue weighted by Gasteiger charge is -2.34. The molecule has 1 heterocycles. The quantitative estimate of drug-likeness (QED) is 0.643. The maximum atomic E-state index is 5.67. The van der Waals surface area contributed by atoms with E-state index in [9.17, 15) is 0 Å². The number of rotatable bonds is 1. The fourth-order valence-corrected chi connectivity index (χ4v) is 1.83. The van der Waals surface area contributed by atoms with E-state index in [0.29, 0.717) is 17.4 Å². The van der Waals surface area contributed by atoms with Gasteiger partial charge in [0.05, 0.1) is 13.2 Å². The first-order chi connectivity index (χ1) is 6.41. The van der Waals surface area contributed by atoms with Crippen LogP contribution in [0.5, 0.6) is 0 Å². The molecule has 1 rings (SSSR count). The van der Waals surface area contributed by atoms with Crippen LogP contribution in [0.2, 0.25) is 0 Å². The molecule has 2 heteroatoms. The molecule has 0 N–H and O–H groups in total. The molecule has 0 aromatic heterocycles. The van der Waals surface area contributed by atoms with Crippen LogP contribution in [0.25, 0.3) is 0 Å². The minimum Gasteiger partial charge on any atom is -0.380 e. The molecular formula is C12H25NO. The minimum atomic E-state index is 0.359. The van der Waals surface area contributed by atoms with Crippen LogP contribution in [0.3, 0.4) is 0 Å². The molecule has 0 aromatic rings. The Hall–Kier alpha value is -0.0800. The number of ether oxygens (including phenoxy) is 1. The van der Waals surface area contributed by atoms with Gasteiger partial charge in [0.25, 0.3) is 0 Å². The van der Waals surface area contributed by atoms with Crippen molar-refractivity contribution in [3.8, 4) is 0 Å². The first-order valence-corrected chi connectivity index (χ1v) is 5.73. The molecule has 1 fully saturated rings. The normalized spacial score (nSPS) is 26.6. The van der Waals surface area contributed by atoms with Crippen molar-refractivity contribution in [2.75, 3.05) is 26.3 Å². The van der Waals surface area contributed by atoms with Gasteiger partial charge in [-0.25, -0.2) is 0 Å². The first-order valence-electron chi connectivity index (χ1n) is 5.73. The molecule has 0 spiro atoms. The summed E-state index contributed by atoms with van der Waals surface area (Å²) >= 11 is 0. The summed E-state index contributed by atoms with van der Waals surface area (Å²) in [6.45, 7) is 15.6. The second-order valence-corrected chi connectivity index (χ2v) is 5.73. The zero-order chi connectivity index (χ0) is 10.8. The Labute approximate surface area is 88.6 Å². The highest BCUT2D eigenvalue weighted by Gasteiger charge is 2.29. The van der Waals surface area contributed by atoms with Crippen LogP contribution in [-0.2, 0) is 4.74 Å². The van der Waals surface area contributed by atoms with E-state index in [1.54, 1.807) is 0 Å². The molecule has 1 aliphatic rings. The summed E-state index contributed by atoms with van der Waals surface area (Å²) in [5.41, 5.74) is 0.359. The summed E-state index contributed by atoms with van der Waals surface area (Å²) in [5.74, 6) is 0.660. The van der Waals surface area contributed by atoms with Crippen molar-refractivity contribution >= 4 is 0 Å². The smallest absolute Gasteiger partial charge is 0.0593 e. The zero-order valence-corrected chi connectivity index (χ0v) is 10.3. The zero-order valence-electron chi connectivity index (χ0n) is 10.3. The van der Waals surface area contributed by atoms with E-state index in [2.05, 4.69) is 39.5 Å². The molecule has 14 heavy (non-hydrogen) atoms. The number of hydrogen-bond acceptors (Lipinski definition) is 2. The predicted molar refractivity (Wildman–Crippen MR) is 60.5 cm³/mol. The highest BCUT2D eigenvalue weighted by molar-refractivity contribution is 4.80. The second kappa shape index (κ2) is 4.63. The molecule has 0 radical (unpaired) electrons. The highest BCUT2D eigenvalue weighted by Crippen LogP contribution is 2.28. The van der Waals surface area contributed by atoms with Crippen LogP contribution in [0.1, 0.15) is 34.6 Å². The van der Waals surface area contributed by atoms with Crippen molar-refractivity contribution in [2.24, 2.45) is 11.3 Å². The molecule has 1 aliphatic heterocycles. The Balaban J connectivity index is 2.60. The Morgan fingerprint density at radius 1 is 1.29 bits per heavy atom. The molecule has 1 unspecified atom stereocenters. The summed E-state index contributed by atoms with van der Waals surface area (Å²) in [6, 6.07) is 0.640. The fourth-order valence-electron chi connectivity index (χ4n) is 1.83. The first kappa shape index (κ1) is 12.0. The third-order valence-electron chi connectivity index (χ3n) is 3.25. The lowest BCUT2D eigenvalue weighted by molar-refractivity contribution is 0.0779. The van der Waals surface area contributed by atoms with Gasteiger partial charge in [-0.15, -0.1) is 0 Å². The summed E-state index contributed by atoms with van der Waals surface area (Å²) in [7, 11) is 0. The van der Waals surface area contributed by atoms with Gasteiger partial charge in [-0.2, -0.15) is 0 Å². The van der Waals surface area contributed by atoms with Gasteiger partial charge in [0.1, 0.15) is 0 Å². The van der Waals surface area contributed by atoms with E-state index in [4.69, 9.17) is 4.74 Å². The molecular weight excluding hydrogens is 174 g/mol. The van der Waals surface area contributed by atoms with Crippen LogP contribution in [-0.4, -0.2) is 37.2 Å². The summed E-state index contributed by atoms with van der Waals surface area (Å²) in [4.78, 5) is 2.53.